The third-order valence-electron chi connectivity index (χ3n) is 3.18. The van der Waals surface area contributed by atoms with Crippen LogP contribution in [0.3, 0.4) is 0 Å². The first-order valence-electron chi connectivity index (χ1n) is 6.54. The summed E-state index contributed by atoms with van der Waals surface area (Å²) in [6.07, 6.45) is 2.56. The Hall–Kier alpha value is -1.12. The van der Waals surface area contributed by atoms with Gasteiger partial charge in [0.25, 0.3) is 0 Å². The number of carboxylic acid groups (broad SMARTS) is 1. The van der Waals surface area contributed by atoms with Crippen molar-refractivity contribution in [3.05, 3.63) is 39.5 Å². The highest BCUT2D eigenvalue weighted by molar-refractivity contribution is 14.1. The van der Waals surface area contributed by atoms with Gasteiger partial charge in [-0.2, -0.15) is 0 Å². The summed E-state index contributed by atoms with van der Waals surface area (Å²) >= 11 is 2.24. The van der Waals surface area contributed by atoms with Crippen molar-refractivity contribution in [1.82, 2.24) is 5.32 Å². The molecule has 1 aromatic rings. The summed E-state index contributed by atoms with van der Waals surface area (Å²) in [5.41, 5.74) is 0.122. The molecule has 1 saturated heterocycles. The van der Waals surface area contributed by atoms with Crippen LogP contribution in [0.1, 0.15) is 19.4 Å². The fourth-order valence-corrected chi connectivity index (χ4v) is 2.30. The van der Waals surface area contributed by atoms with E-state index < -0.39 is 17.4 Å². The van der Waals surface area contributed by atoms with Crippen LogP contribution in [0.25, 0.3) is 6.08 Å². The Morgan fingerprint density at radius 3 is 2.38 bits per heavy atom. The van der Waals surface area contributed by atoms with Crippen LogP contribution < -0.4 is 5.32 Å². The minimum Gasteiger partial charge on any atom is -0.465 e. The fraction of sp³-hybridized carbons (Fsp3) is 0.400. The lowest BCUT2D eigenvalue weighted by molar-refractivity contribution is -0.263. The average molecular weight is 403 g/mol. The second-order valence-corrected chi connectivity index (χ2v) is 6.69. The van der Waals surface area contributed by atoms with Gasteiger partial charge in [-0.1, -0.05) is 24.3 Å². The van der Waals surface area contributed by atoms with E-state index in [2.05, 4.69) is 27.9 Å². The highest BCUT2D eigenvalue weighted by atomic mass is 127. The number of amides is 1. The molecule has 6 heteroatoms. The first kappa shape index (κ1) is 16.3. The fourth-order valence-electron chi connectivity index (χ4n) is 1.94. The van der Waals surface area contributed by atoms with Crippen LogP contribution in [0.4, 0.5) is 4.79 Å². The lowest BCUT2D eigenvalue weighted by atomic mass is 9.98. The van der Waals surface area contributed by atoms with Crippen molar-refractivity contribution in [2.45, 2.75) is 25.2 Å². The molecule has 1 fully saturated rings. The average Bonchev–Trinajstić information content (AvgIpc) is 2.41. The third kappa shape index (κ3) is 4.69. The highest BCUT2D eigenvalue weighted by Crippen LogP contribution is 2.25. The van der Waals surface area contributed by atoms with Gasteiger partial charge in [-0.15, -0.1) is 0 Å². The third-order valence-corrected chi connectivity index (χ3v) is 3.89. The summed E-state index contributed by atoms with van der Waals surface area (Å²) in [7, 11) is 0. The summed E-state index contributed by atoms with van der Waals surface area (Å²) in [5.74, 6) is -0.694. The van der Waals surface area contributed by atoms with E-state index in [0.717, 1.165) is 9.13 Å². The summed E-state index contributed by atoms with van der Waals surface area (Å²) in [6.45, 7) is 4.07. The molecule has 1 aliphatic heterocycles. The van der Waals surface area contributed by atoms with Crippen molar-refractivity contribution in [2.75, 3.05) is 13.2 Å². The number of ether oxygens (including phenoxy) is 2. The summed E-state index contributed by atoms with van der Waals surface area (Å²) in [5, 5.41) is 11.5. The van der Waals surface area contributed by atoms with Crippen LogP contribution in [0.2, 0.25) is 0 Å². The lowest BCUT2D eigenvalue weighted by Gasteiger charge is -2.41. The van der Waals surface area contributed by atoms with E-state index in [1.807, 2.05) is 30.3 Å². The molecule has 0 aliphatic carbocycles. The SMILES string of the molecule is CC1(C)OCC(C=Cc2ccc(I)cc2)(NC(=O)O)CO1. The Bertz CT molecular complexity index is 529. The molecule has 5 nitrogen and oxygen atoms in total. The Labute approximate surface area is 137 Å². The lowest BCUT2D eigenvalue weighted by Crippen LogP contribution is -2.59. The molecule has 0 unspecified atom stereocenters. The molecule has 0 bridgehead atoms. The van der Waals surface area contributed by atoms with E-state index in [1.165, 1.54) is 0 Å². The van der Waals surface area contributed by atoms with Gasteiger partial charge >= 0.3 is 6.09 Å². The van der Waals surface area contributed by atoms with E-state index in [0.29, 0.717) is 0 Å². The van der Waals surface area contributed by atoms with Gasteiger partial charge < -0.3 is 19.9 Å². The van der Waals surface area contributed by atoms with Crippen molar-refractivity contribution in [2.24, 2.45) is 0 Å². The molecule has 21 heavy (non-hydrogen) atoms. The van der Waals surface area contributed by atoms with Crippen molar-refractivity contribution in [1.29, 1.82) is 0 Å². The van der Waals surface area contributed by atoms with Gasteiger partial charge in [-0.3, -0.25) is 0 Å². The molecular weight excluding hydrogens is 385 g/mol. The van der Waals surface area contributed by atoms with Gasteiger partial charge in [0.05, 0.1) is 13.2 Å². The number of hydrogen-bond donors (Lipinski definition) is 2. The predicted molar refractivity (Wildman–Crippen MR) is 88.1 cm³/mol. The van der Waals surface area contributed by atoms with Gasteiger partial charge in [-0.05, 0) is 54.1 Å². The number of halogens is 1. The van der Waals surface area contributed by atoms with Gasteiger partial charge in [0.2, 0.25) is 0 Å². The molecule has 0 saturated carbocycles. The molecule has 0 spiro atoms. The topological polar surface area (TPSA) is 67.8 Å². The van der Waals surface area contributed by atoms with Crippen LogP contribution >= 0.6 is 22.6 Å². The second-order valence-electron chi connectivity index (χ2n) is 5.45. The molecule has 0 atom stereocenters. The molecule has 114 valence electrons. The molecule has 1 heterocycles. The monoisotopic (exact) mass is 403 g/mol. The maximum atomic E-state index is 11.0. The van der Waals surface area contributed by atoms with E-state index in [1.54, 1.807) is 19.9 Å². The van der Waals surface area contributed by atoms with Crippen LogP contribution in [0, 0.1) is 3.57 Å². The number of benzene rings is 1. The zero-order valence-electron chi connectivity index (χ0n) is 11.9. The van der Waals surface area contributed by atoms with E-state index in [9.17, 15) is 4.79 Å². The van der Waals surface area contributed by atoms with Crippen LogP contribution in [-0.2, 0) is 9.47 Å². The normalized spacial score (nSPS) is 20.3. The molecule has 2 rings (SSSR count). The standard InChI is InChI=1S/C15H18INO4/c1-14(2)20-9-15(10-21-14,17-13(18)19)8-7-11-3-5-12(16)6-4-11/h3-8,17H,9-10H2,1-2H3,(H,18,19). The molecule has 0 aromatic heterocycles. The Morgan fingerprint density at radius 2 is 1.86 bits per heavy atom. The maximum absolute atomic E-state index is 11.0. The first-order valence-corrected chi connectivity index (χ1v) is 7.62. The summed E-state index contributed by atoms with van der Waals surface area (Å²) < 4.78 is 12.3. The van der Waals surface area contributed by atoms with E-state index in [4.69, 9.17) is 14.6 Å². The van der Waals surface area contributed by atoms with Crippen LogP contribution in [0.15, 0.2) is 30.3 Å². The van der Waals surface area contributed by atoms with Crippen molar-refractivity contribution < 1.29 is 19.4 Å². The minimum atomic E-state index is -1.10. The van der Waals surface area contributed by atoms with Crippen LogP contribution in [-0.4, -0.2) is 35.7 Å². The van der Waals surface area contributed by atoms with Crippen LogP contribution in [0.5, 0.6) is 0 Å². The summed E-state index contributed by atoms with van der Waals surface area (Å²) in [6, 6.07) is 7.94. The molecule has 1 aromatic carbocycles. The Morgan fingerprint density at radius 1 is 1.29 bits per heavy atom. The quantitative estimate of drug-likeness (QED) is 0.762. The molecule has 1 aliphatic rings. The van der Waals surface area contributed by atoms with Crippen molar-refractivity contribution in [3.8, 4) is 0 Å². The van der Waals surface area contributed by atoms with E-state index >= 15 is 0 Å². The number of rotatable bonds is 3. The zero-order valence-corrected chi connectivity index (χ0v) is 14.1. The minimum absolute atomic E-state index is 0.229. The van der Waals surface area contributed by atoms with Gasteiger partial charge in [0.1, 0.15) is 5.54 Å². The van der Waals surface area contributed by atoms with Crippen molar-refractivity contribution >= 4 is 34.8 Å². The predicted octanol–water partition coefficient (Wildman–Crippen LogP) is 3.09. The molecule has 2 N–H and O–H groups in total. The maximum Gasteiger partial charge on any atom is 0.405 e. The molecule has 1 amide bonds. The largest absolute Gasteiger partial charge is 0.465 e. The number of nitrogens with one attached hydrogen (secondary N) is 1. The molecule has 0 radical (unpaired) electrons. The smallest absolute Gasteiger partial charge is 0.405 e. The number of hydrogen-bond acceptors (Lipinski definition) is 3. The Kier molecular flexibility index (Phi) is 4.90. The molecular formula is C15H18INO4. The van der Waals surface area contributed by atoms with Gasteiger partial charge in [-0.25, -0.2) is 4.79 Å². The highest BCUT2D eigenvalue weighted by Gasteiger charge is 2.39. The Balaban J connectivity index is 2.17. The van der Waals surface area contributed by atoms with Crippen molar-refractivity contribution in [3.63, 3.8) is 0 Å². The van der Waals surface area contributed by atoms with Gasteiger partial charge in [0.15, 0.2) is 5.79 Å². The van der Waals surface area contributed by atoms with E-state index in [-0.39, 0.29) is 13.2 Å². The zero-order chi connectivity index (χ0) is 15.5. The van der Waals surface area contributed by atoms with Gasteiger partial charge in [0, 0.05) is 3.57 Å². The second kappa shape index (κ2) is 6.33. The first-order chi connectivity index (χ1) is 9.80. The number of carbonyl (C=O) groups is 1. The summed E-state index contributed by atoms with van der Waals surface area (Å²) in [4.78, 5) is 11.0.